The van der Waals surface area contributed by atoms with E-state index in [9.17, 15) is 29.4 Å². The van der Waals surface area contributed by atoms with Crippen LogP contribution >= 0.6 is 11.8 Å². The summed E-state index contributed by atoms with van der Waals surface area (Å²) in [5, 5.41) is 26.3. The summed E-state index contributed by atoms with van der Waals surface area (Å²) in [6.07, 6.45) is 3.03. The van der Waals surface area contributed by atoms with Gasteiger partial charge in [-0.1, -0.05) is 34.1 Å². The number of hydrogen-bond donors (Lipinski definition) is 6. The fraction of sp³-hybridized carbons (Fsp3) is 0.800. The molecule has 0 spiro atoms. The second-order valence-corrected chi connectivity index (χ2v) is 9.02. The van der Waals surface area contributed by atoms with E-state index in [2.05, 4.69) is 16.0 Å². The van der Waals surface area contributed by atoms with E-state index in [1.165, 1.54) is 11.8 Å². The normalized spacial score (nSPS) is 16.0. The maximum absolute atomic E-state index is 12.8. The highest BCUT2D eigenvalue weighted by Crippen LogP contribution is 2.10. The van der Waals surface area contributed by atoms with Crippen molar-refractivity contribution in [1.82, 2.24) is 16.0 Å². The quantitative estimate of drug-likeness (QED) is 0.192. The Hall–Kier alpha value is -1.85. The Balaban J connectivity index is 5.26. The van der Waals surface area contributed by atoms with Crippen LogP contribution in [0.15, 0.2) is 0 Å². The number of amides is 3. The van der Waals surface area contributed by atoms with Gasteiger partial charge in [-0.25, -0.2) is 4.79 Å². The van der Waals surface area contributed by atoms with Gasteiger partial charge in [0.05, 0.1) is 12.6 Å². The molecule has 0 radical (unpaired) electrons. The van der Waals surface area contributed by atoms with Crippen LogP contribution < -0.4 is 21.7 Å². The Morgan fingerprint density at radius 2 is 1.55 bits per heavy atom. The zero-order valence-electron chi connectivity index (χ0n) is 19.0. The van der Waals surface area contributed by atoms with Crippen LogP contribution in [0.2, 0.25) is 0 Å². The molecule has 5 unspecified atom stereocenters. The Morgan fingerprint density at radius 1 is 0.968 bits per heavy atom. The highest BCUT2D eigenvalue weighted by Gasteiger charge is 2.32. The summed E-state index contributed by atoms with van der Waals surface area (Å²) in [7, 11) is 0. The smallest absolute Gasteiger partial charge is 0.326 e. The van der Waals surface area contributed by atoms with E-state index >= 15 is 0 Å². The second-order valence-electron chi connectivity index (χ2n) is 8.03. The molecule has 0 saturated carbocycles. The summed E-state index contributed by atoms with van der Waals surface area (Å²) in [5.74, 6) is -2.69. The minimum absolute atomic E-state index is 0.175. The van der Waals surface area contributed by atoms with Crippen LogP contribution in [0.4, 0.5) is 0 Å². The van der Waals surface area contributed by atoms with E-state index in [0.717, 1.165) is 0 Å². The molecule has 0 heterocycles. The van der Waals surface area contributed by atoms with E-state index in [4.69, 9.17) is 5.73 Å². The third-order valence-electron chi connectivity index (χ3n) is 4.90. The molecule has 3 amide bonds. The summed E-state index contributed by atoms with van der Waals surface area (Å²) in [4.78, 5) is 49.1. The molecule has 0 aromatic carbocycles. The number of carboxylic acid groups (broad SMARTS) is 1. The van der Waals surface area contributed by atoms with Crippen LogP contribution in [-0.2, 0) is 19.2 Å². The van der Waals surface area contributed by atoms with E-state index in [-0.39, 0.29) is 18.3 Å². The number of rotatable bonds is 15. The van der Waals surface area contributed by atoms with Gasteiger partial charge in [0.25, 0.3) is 0 Å². The molecule has 5 atom stereocenters. The third-order valence-corrected chi connectivity index (χ3v) is 5.54. The number of nitrogens with one attached hydrogen (secondary N) is 3. The van der Waals surface area contributed by atoms with Gasteiger partial charge >= 0.3 is 5.97 Å². The maximum Gasteiger partial charge on any atom is 0.326 e. The van der Waals surface area contributed by atoms with Crippen molar-refractivity contribution in [3.05, 3.63) is 0 Å². The molecular weight excluding hydrogens is 424 g/mol. The molecule has 0 saturated heterocycles. The summed E-state index contributed by atoms with van der Waals surface area (Å²) in [6, 6.07) is -4.21. The van der Waals surface area contributed by atoms with E-state index < -0.39 is 54.5 Å². The summed E-state index contributed by atoms with van der Waals surface area (Å²) in [6.45, 7) is 6.71. The molecule has 0 aromatic rings. The Kier molecular flexibility index (Phi) is 14.1. The van der Waals surface area contributed by atoms with Crippen molar-refractivity contribution in [1.29, 1.82) is 0 Å². The first-order chi connectivity index (χ1) is 14.5. The van der Waals surface area contributed by atoms with Gasteiger partial charge in [0.2, 0.25) is 17.7 Å². The minimum Gasteiger partial charge on any atom is -0.480 e. The van der Waals surface area contributed by atoms with Crippen LogP contribution in [-0.4, -0.2) is 76.7 Å². The van der Waals surface area contributed by atoms with Crippen molar-refractivity contribution in [3.63, 3.8) is 0 Å². The monoisotopic (exact) mass is 462 g/mol. The van der Waals surface area contributed by atoms with Crippen molar-refractivity contribution in [3.8, 4) is 0 Å². The number of aliphatic carboxylic acids is 1. The largest absolute Gasteiger partial charge is 0.480 e. The van der Waals surface area contributed by atoms with Gasteiger partial charge in [-0.3, -0.25) is 14.4 Å². The van der Waals surface area contributed by atoms with Gasteiger partial charge in [0, 0.05) is 0 Å². The van der Waals surface area contributed by atoms with Crippen LogP contribution in [0.5, 0.6) is 0 Å². The van der Waals surface area contributed by atoms with Gasteiger partial charge in [-0.2, -0.15) is 11.8 Å². The van der Waals surface area contributed by atoms with Gasteiger partial charge in [0.1, 0.15) is 18.1 Å². The molecule has 0 fully saturated rings. The lowest BCUT2D eigenvalue weighted by Gasteiger charge is -2.27. The number of carbonyl (C=O) groups is 4. The summed E-state index contributed by atoms with van der Waals surface area (Å²) < 4.78 is 0. The third kappa shape index (κ3) is 10.8. The average Bonchev–Trinajstić information content (AvgIpc) is 2.71. The van der Waals surface area contributed by atoms with Gasteiger partial charge in [-0.15, -0.1) is 0 Å². The van der Waals surface area contributed by atoms with Gasteiger partial charge in [0.15, 0.2) is 0 Å². The second kappa shape index (κ2) is 15.0. The first-order valence-electron chi connectivity index (χ1n) is 10.5. The molecule has 10 nitrogen and oxygen atoms in total. The first-order valence-corrected chi connectivity index (χ1v) is 11.9. The number of thioether (sulfide) groups is 1. The zero-order valence-corrected chi connectivity index (χ0v) is 19.8. The standard InChI is InChI=1S/C20H38N4O6S/c1-6-12(4)16(19(28)22-14(20(29)30)7-8-31-5)24-18(27)15(10-25)23-17(26)13(21)9-11(2)3/h11-16,25H,6-10,21H2,1-5H3,(H,22,28)(H,23,26)(H,24,27)(H,29,30). The molecule has 0 aliphatic heterocycles. The minimum atomic E-state index is -1.28. The summed E-state index contributed by atoms with van der Waals surface area (Å²) >= 11 is 1.46. The molecule has 11 heteroatoms. The van der Waals surface area contributed by atoms with Crippen molar-refractivity contribution < 1.29 is 29.4 Å². The highest BCUT2D eigenvalue weighted by atomic mass is 32.2. The number of nitrogens with two attached hydrogens (primary N) is 1. The van der Waals surface area contributed by atoms with Crippen LogP contribution in [0.3, 0.4) is 0 Å². The lowest BCUT2D eigenvalue weighted by atomic mass is 9.97. The SMILES string of the molecule is CCC(C)C(NC(=O)C(CO)NC(=O)C(N)CC(C)C)C(=O)NC(CCSC)C(=O)O. The lowest BCUT2D eigenvalue weighted by Crippen LogP contribution is -2.59. The van der Waals surface area contributed by atoms with E-state index in [0.29, 0.717) is 18.6 Å². The Labute approximate surface area is 188 Å². The van der Waals surface area contributed by atoms with Crippen molar-refractivity contribution >= 4 is 35.5 Å². The van der Waals surface area contributed by atoms with E-state index in [1.54, 1.807) is 6.92 Å². The molecule has 0 bridgehead atoms. The average molecular weight is 463 g/mol. The zero-order chi connectivity index (χ0) is 24.1. The molecular formula is C20H38N4O6S. The Bertz CT molecular complexity index is 604. The molecule has 0 aromatic heterocycles. The molecule has 0 aliphatic carbocycles. The van der Waals surface area contributed by atoms with E-state index in [1.807, 2.05) is 27.0 Å². The number of aliphatic hydroxyl groups excluding tert-OH is 1. The highest BCUT2D eigenvalue weighted by molar-refractivity contribution is 7.98. The number of hydrogen-bond acceptors (Lipinski definition) is 7. The fourth-order valence-corrected chi connectivity index (χ4v) is 3.27. The van der Waals surface area contributed by atoms with Gasteiger partial charge < -0.3 is 31.9 Å². The molecule has 7 N–H and O–H groups in total. The Morgan fingerprint density at radius 3 is 2.00 bits per heavy atom. The predicted octanol–water partition coefficient (Wildman–Crippen LogP) is -0.310. The number of carboxylic acids is 1. The summed E-state index contributed by atoms with van der Waals surface area (Å²) in [5.41, 5.74) is 5.82. The van der Waals surface area contributed by atoms with Crippen molar-refractivity contribution in [2.24, 2.45) is 17.6 Å². The van der Waals surface area contributed by atoms with Crippen LogP contribution in [0.25, 0.3) is 0 Å². The number of aliphatic hydroxyl groups is 1. The molecule has 0 aliphatic rings. The van der Waals surface area contributed by atoms with Crippen molar-refractivity contribution in [2.45, 2.75) is 71.1 Å². The molecule has 0 rings (SSSR count). The fourth-order valence-electron chi connectivity index (χ4n) is 2.80. The maximum atomic E-state index is 12.8. The molecule has 180 valence electrons. The molecule has 31 heavy (non-hydrogen) atoms. The number of carbonyl (C=O) groups excluding carboxylic acids is 3. The van der Waals surface area contributed by atoms with Crippen LogP contribution in [0.1, 0.15) is 47.0 Å². The van der Waals surface area contributed by atoms with Crippen LogP contribution in [0, 0.1) is 11.8 Å². The lowest BCUT2D eigenvalue weighted by molar-refractivity contribution is -0.142. The predicted molar refractivity (Wildman–Crippen MR) is 120 cm³/mol. The topological polar surface area (TPSA) is 171 Å². The first kappa shape index (κ1) is 29.1. The van der Waals surface area contributed by atoms with Crippen molar-refractivity contribution in [2.75, 3.05) is 18.6 Å². The van der Waals surface area contributed by atoms with Gasteiger partial charge in [-0.05, 0) is 36.7 Å².